The van der Waals surface area contributed by atoms with Crippen LogP contribution in [0.2, 0.25) is 0 Å². The van der Waals surface area contributed by atoms with Gasteiger partial charge in [-0.1, -0.05) is 30.0 Å². The molecule has 1 aliphatic heterocycles. The predicted molar refractivity (Wildman–Crippen MR) is 160 cm³/mol. The minimum Gasteiger partial charge on any atom is -0.406 e. The molecule has 1 atom stereocenters. The fourth-order valence-corrected chi connectivity index (χ4v) is 5.61. The van der Waals surface area contributed by atoms with Gasteiger partial charge in [0.2, 0.25) is 0 Å². The van der Waals surface area contributed by atoms with Crippen molar-refractivity contribution in [3.05, 3.63) is 97.1 Å². The third kappa shape index (κ3) is 6.27. The molecule has 8 nitrogen and oxygen atoms in total. The maximum atomic E-state index is 14.9. The summed E-state index contributed by atoms with van der Waals surface area (Å²) in [5.41, 5.74) is 2.82. The molecule has 5 rings (SSSR count). The summed E-state index contributed by atoms with van der Waals surface area (Å²) in [6.45, 7) is 7.06. The second-order valence-electron chi connectivity index (χ2n) is 10.6. The van der Waals surface area contributed by atoms with Gasteiger partial charge < -0.3 is 14.5 Å². The monoisotopic (exact) mass is 645 g/mol. The maximum absolute atomic E-state index is 14.9. The Bertz CT molecular complexity index is 1900. The minimum absolute atomic E-state index is 0.103. The van der Waals surface area contributed by atoms with Gasteiger partial charge in [-0.3, -0.25) is 0 Å². The van der Waals surface area contributed by atoms with Gasteiger partial charge in [-0.2, -0.15) is 8.78 Å². The molecule has 1 unspecified atom stereocenters. The van der Waals surface area contributed by atoms with E-state index < -0.39 is 33.9 Å². The highest BCUT2D eigenvalue weighted by Crippen LogP contribution is 2.45. The van der Waals surface area contributed by atoms with E-state index in [4.69, 9.17) is 0 Å². The number of rotatable bonds is 8. The quantitative estimate of drug-likeness (QED) is 0.190. The molecule has 0 bridgehead atoms. The molecule has 0 spiro atoms. The summed E-state index contributed by atoms with van der Waals surface area (Å²) in [6, 6.07) is 15.5. The van der Waals surface area contributed by atoms with Gasteiger partial charge in [0.05, 0.1) is 34.2 Å². The SMILES string of the molecule is C=C(C)N(/C=C1\N(C)C(C)C1(F)F)c1ccc(-c2cccc(S(C)(=O)=O)c2)cc1-n1nncc1-c1ccc(OC(F)(F)F)cc1. The number of nitrogens with zero attached hydrogens (tertiary/aromatic N) is 5. The van der Waals surface area contributed by atoms with Crippen molar-refractivity contribution in [2.45, 2.75) is 37.1 Å². The van der Waals surface area contributed by atoms with Crippen LogP contribution in [0.4, 0.5) is 27.6 Å². The lowest BCUT2D eigenvalue weighted by molar-refractivity contribution is -0.274. The number of allylic oxidation sites excluding steroid dienone is 1. The lowest BCUT2D eigenvalue weighted by atomic mass is 9.96. The zero-order chi connectivity index (χ0) is 32.9. The lowest BCUT2D eigenvalue weighted by Gasteiger charge is -2.48. The molecule has 1 fully saturated rings. The molecule has 0 aliphatic carbocycles. The summed E-state index contributed by atoms with van der Waals surface area (Å²) in [6.07, 6.45) is -1.07. The van der Waals surface area contributed by atoms with Gasteiger partial charge >= 0.3 is 12.3 Å². The average molecular weight is 646 g/mol. The van der Waals surface area contributed by atoms with E-state index in [0.29, 0.717) is 39.5 Å². The first-order valence-electron chi connectivity index (χ1n) is 13.5. The number of ether oxygens (including phenoxy) is 1. The van der Waals surface area contributed by atoms with Crippen LogP contribution in [0.3, 0.4) is 0 Å². The molecular formula is C31H28F5N5O3S. The minimum atomic E-state index is -4.86. The van der Waals surface area contributed by atoms with Crippen LogP contribution in [-0.4, -0.2) is 59.9 Å². The number of benzene rings is 3. The number of halogens is 5. The second-order valence-corrected chi connectivity index (χ2v) is 12.7. The molecule has 0 radical (unpaired) electrons. The second kappa shape index (κ2) is 11.3. The third-order valence-corrected chi connectivity index (χ3v) is 8.59. The van der Waals surface area contributed by atoms with Crippen molar-refractivity contribution in [3.63, 3.8) is 0 Å². The topological polar surface area (TPSA) is 80.6 Å². The number of likely N-dealkylation sites (tertiary alicyclic amines) is 1. The van der Waals surface area contributed by atoms with E-state index in [-0.39, 0.29) is 10.6 Å². The maximum Gasteiger partial charge on any atom is 0.573 e. The van der Waals surface area contributed by atoms with Crippen LogP contribution in [0.5, 0.6) is 5.75 Å². The average Bonchev–Trinajstić information content (AvgIpc) is 3.46. The van der Waals surface area contributed by atoms with Crippen molar-refractivity contribution in [2.75, 3.05) is 18.2 Å². The van der Waals surface area contributed by atoms with Crippen LogP contribution < -0.4 is 9.64 Å². The van der Waals surface area contributed by atoms with Gasteiger partial charge in [-0.15, -0.1) is 18.3 Å². The van der Waals surface area contributed by atoms with Crippen LogP contribution in [0.15, 0.2) is 102 Å². The van der Waals surface area contributed by atoms with Crippen LogP contribution in [0.25, 0.3) is 28.1 Å². The van der Waals surface area contributed by atoms with Crippen molar-refractivity contribution in [1.82, 2.24) is 19.9 Å². The highest BCUT2D eigenvalue weighted by molar-refractivity contribution is 7.90. The number of aromatic nitrogens is 3. The van der Waals surface area contributed by atoms with Gasteiger partial charge in [0.15, 0.2) is 9.84 Å². The zero-order valence-electron chi connectivity index (χ0n) is 24.5. The summed E-state index contributed by atoms with van der Waals surface area (Å²) in [7, 11) is -1.96. The number of alkyl halides is 5. The van der Waals surface area contributed by atoms with Crippen molar-refractivity contribution in [1.29, 1.82) is 0 Å². The highest BCUT2D eigenvalue weighted by Gasteiger charge is 2.55. The van der Waals surface area contributed by atoms with Gasteiger partial charge in [0, 0.05) is 30.8 Å². The van der Waals surface area contributed by atoms with Gasteiger partial charge in [-0.25, -0.2) is 13.1 Å². The number of sulfone groups is 1. The smallest absolute Gasteiger partial charge is 0.406 e. The summed E-state index contributed by atoms with van der Waals surface area (Å²) >= 11 is 0. The van der Waals surface area contributed by atoms with Gasteiger partial charge in [0.1, 0.15) is 11.4 Å². The highest BCUT2D eigenvalue weighted by atomic mass is 32.2. The summed E-state index contributed by atoms with van der Waals surface area (Å²) < 4.78 is 97.8. The molecule has 2 heterocycles. The zero-order valence-corrected chi connectivity index (χ0v) is 25.4. The Morgan fingerprint density at radius 3 is 2.29 bits per heavy atom. The van der Waals surface area contributed by atoms with E-state index in [9.17, 15) is 30.4 Å². The lowest BCUT2D eigenvalue weighted by Crippen LogP contribution is -2.59. The molecule has 1 aliphatic rings. The Morgan fingerprint density at radius 2 is 1.69 bits per heavy atom. The molecule has 45 heavy (non-hydrogen) atoms. The molecule has 3 aromatic carbocycles. The van der Waals surface area contributed by atoms with E-state index in [1.165, 1.54) is 58.1 Å². The Balaban J connectivity index is 1.69. The molecule has 1 saturated heterocycles. The van der Waals surface area contributed by atoms with E-state index in [2.05, 4.69) is 21.6 Å². The first-order valence-corrected chi connectivity index (χ1v) is 15.4. The Kier molecular flexibility index (Phi) is 7.98. The molecule has 0 amide bonds. The number of hydrogen-bond donors (Lipinski definition) is 0. The Labute approximate surface area is 256 Å². The number of hydrogen-bond acceptors (Lipinski definition) is 7. The van der Waals surface area contributed by atoms with Crippen LogP contribution >= 0.6 is 0 Å². The van der Waals surface area contributed by atoms with Gasteiger partial charge in [0.25, 0.3) is 0 Å². The summed E-state index contributed by atoms with van der Waals surface area (Å²) in [4.78, 5) is 3.04. The normalized spacial score (nSPS) is 17.2. The fraction of sp³-hybridized carbons (Fsp3) is 0.226. The van der Waals surface area contributed by atoms with Crippen molar-refractivity contribution < 1.29 is 35.1 Å². The first-order chi connectivity index (χ1) is 21.0. The third-order valence-electron chi connectivity index (χ3n) is 7.48. The molecular weight excluding hydrogens is 617 g/mol. The molecule has 0 saturated carbocycles. The molecule has 14 heteroatoms. The summed E-state index contributed by atoms with van der Waals surface area (Å²) in [5.74, 6) is -3.51. The number of anilines is 1. The van der Waals surface area contributed by atoms with E-state index in [1.807, 2.05) is 0 Å². The largest absolute Gasteiger partial charge is 0.573 e. The Morgan fingerprint density at radius 1 is 1.04 bits per heavy atom. The van der Waals surface area contributed by atoms with E-state index in [1.54, 1.807) is 44.3 Å². The summed E-state index contributed by atoms with van der Waals surface area (Å²) in [5, 5.41) is 8.25. The van der Waals surface area contributed by atoms with Gasteiger partial charge in [-0.05, 0) is 73.5 Å². The van der Waals surface area contributed by atoms with E-state index >= 15 is 0 Å². The van der Waals surface area contributed by atoms with Crippen molar-refractivity contribution in [3.8, 4) is 33.8 Å². The van der Waals surface area contributed by atoms with Crippen molar-refractivity contribution in [2.24, 2.45) is 0 Å². The van der Waals surface area contributed by atoms with E-state index in [0.717, 1.165) is 18.4 Å². The fourth-order valence-electron chi connectivity index (χ4n) is 4.94. The van der Waals surface area contributed by atoms with Crippen molar-refractivity contribution >= 4 is 15.5 Å². The Hall–Kier alpha value is -4.72. The molecule has 0 N–H and O–H groups in total. The van der Waals surface area contributed by atoms with Crippen LogP contribution in [-0.2, 0) is 9.84 Å². The molecule has 236 valence electrons. The molecule has 1 aromatic heterocycles. The predicted octanol–water partition coefficient (Wildman–Crippen LogP) is 7.05. The standard InChI is InChI=1S/C31H28F5N5O3S/c1-19(2)40(18-29-30(32,33)20(3)39(29)4)26-14-11-23(22-7-6-8-25(15-22)45(5,42)43)16-27(26)41-28(17-37-38-41)21-9-12-24(13-10-21)44-31(34,35)36/h6-18,20H,1H2,2-5H3/b29-18-. The first kappa shape index (κ1) is 31.7. The molecule has 4 aromatic rings. The van der Waals surface area contributed by atoms with Crippen LogP contribution in [0, 0.1) is 0 Å². The van der Waals surface area contributed by atoms with Crippen LogP contribution in [0.1, 0.15) is 13.8 Å².